The van der Waals surface area contributed by atoms with Crippen LogP contribution in [0.4, 0.5) is 5.82 Å². The monoisotopic (exact) mass is 399 g/mol. The van der Waals surface area contributed by atoms with Gasteiger partial charge in [0, 0.05) is 11.6 Å². The number of nitrogen functional groups attached to an aromatic ring is 1. The van der Waals surface area contributed by atoms with Crippen LogP contribution in [0.25, 0.3) is 0 Å². The number of ketones is 1. The Morgan fingerprint density at radius 3 is 2.62 bits per heavy atom. The number of esters is 1. The number of aromatic amines is 1. The molecule has 8 nitrogen and oxygen atoms in total. The number of ether oxygens (including phenoxy) is 1. The smallest absolute Gasteiger partial charge is 0.340 e. The fourth-order valence-electron chi connectivity index (χ4n) is 2.24. The number of nitrogens with zero attached hydrogens (tertiary/aromatic N) is 1. The Bertz CT molecular complexity index is 981. The van der Waals surface area contributed by atoms with Crippen molar-refractivity contribution < 1.29 is 14.3 Å². The SMILES string of the molecule is CCCn1c(N)c(C(=O)COC(=O)c2cc(Cl)ccc2Cl)c(=O)[nH]c1=O. The number of nitrogens with two attached hydrogens (primary N) is 1. The molecule has 0 amide bonds. The number of H-pyrrole nitrogens is 1. The number of Topliss-reactive ketones (excluding diaryl/α,β-unsaturated/α-hetero) is 1. The molecule has 0 unspecified atom stereocenters. The Hall–Kier alpha value is -2.58. The summed E-state index contributed by atoms with van der Waals surface area (Å²) in [5, 5.41) is 0.362. The molecule has 0 aliphatic rings. The van der Waals surface area contributed by atoms with Crippen molar-refractivity contribution in [1.29, 1.82) is 0 Å². The maximum absolute atomic E-state index is 12.3. The fraction of sp³-hybridized carbons (Fsp3) is 0.250. The second-order valence-corrected chi connectivity index (χ2v) is 6.14. The largest absolute Gasteiger partial charge is 0.454 e. The molecule has 0 spiro atoms. The Kier molecular flexibility index (Phi) is 6.23. The van der Waals surface area contributed by atoms with Crippen LogP contribution in [0.2, 0.25) is 10.0 Å². The van der Waals surface area contributed by atoms with Gasteiger partial charge in [-0.05, 0) is 24.6 Å². The molecule has 0 radical (unpaired) electrons. The van der Waals surface area contributed by atoms with Crippen molar-refractivity contribution in [3.8, 4) is 0 Å². The van der Waals surface area contributed by atoms with Gasteiger partial charge in [-0.2, -0.15) is 0 Å². The number of benzene rings is 1. The van der Waals surface area contributed by atoms with Crippen molar-refractivity contribution in [3.05, 3.63) is 60.2 Å². The average Bonchev–Trinajstić information content (AvgIpc) is 2.58. The molecule has 0 aliphatic heterocycles. The third-order valence-electron chi connectivity index (χ3n) is 3.45. The summed E-state index contributed by atoms with van der Waals surface area (Å²) in [5.41, 5.74) is 3.65. The minimum atomic E-state index is -0.943. The van der Waals surface area contributed by atoms with Crippen LogP contribution >= 0.6 is 23.2 Å². The van der Waals surface area contributed by atoms with E-state index in [1.54, 1.807) is 6.92 Å². The number of rotatable bonds is 6. The number of halogens is 2. The standard InChI is InChI=1S/C16H15Cl2N3O5/c1-2-5-21-13(19)12(14(23)20-16(21)25)11(22)7-26-15(24)9-6-8(17)3-4-10(9)18/h3-4,6H,2,5,7,19H2,1H3,(H,20,23,25). The van der Waals surface area contributed by atoms with E-state index in [9.17, 15) is 19.2 Å². The summed E-state index contributed by atoms with van der Waals surface area (Å²) in [7, 11) is 0. The number of carbonyl (C=O) groups excluding carboxylic acids is 2. The van der Waals surface area contributed by atoms with Crippen LogP contribution < -0.4 is 17.0 Å². The third kappa shape index (κ3) is 4.14. The molecule has 1 aromatic carbocycles. The molecule has 2 rings (SSSR count). The first kappa shape index (κ1) is 19.7. The van der Waals surface area contributed by atoms with Gasteiger partial charge in [0.1, 0.15) is 11.4 Å². The first-order chi connectivity index (χ1) is 12.3. The summed E-state index contributed by atoms with van der Waals surface area (Å²) >= 11 is 11.7. The lowest BCUT2D eigenvalue weighted by molar-refractivity contribution is 0.0474. The van der Waals surface area contributed by atoms with Gasteiger partial charge in [-0.1, -0.05) is 30.1 Å². The highest BCUT2D eigenvalue weighted by Crippen LogP contribution is 2.21. The van der Waals surface area contributed by atoms with E-state index in [4.69, 9.17) is 33.7 Å². The van der Waals surface area contributed by atoms with Crippen molar-refractivity contribution >= 4 is 40.8 Å². The number of anilines is 1. The molecule has 0 bridgehead atoms. The molecule has 0 atom stereocenters. The fourth-order valence-corrected chi connectivity index (χ4v) is 2.60. The number of carbonyl (C=O) groups is 2. The van der Waals surface area contributed by atoms with Crippen LogP contribution in [0.1, 0.15) is 34.1 Å². The van der Waals surface area contributed by atoms with Gasteiger partial charge in [-0.25, -0.2) is 9.59 Å². The summed E-state index contributed by atoms with van der Waals surface area (Å²) in [6, 6.07) is 4.19. The lowest BCUT2D eigenvalue weighted by Gasteiger charge is -2.11. The van der Waals surface area contributed by atoms with Gasteiger partial charge in [0.2, 0.25) is 5.78 Å². The number of aromatic nitrogens is 2. The predicted molar refractivity (Wildman–Crippen MR) is 97.1 cm³/mol. The Labute approximate surface area is 157 Å². The zero-order chi connectivity index (χ0) is 19.4. The van der Waals surface area contributed by atoms with Crippen LogP contribution in [-0.2, 0) is 11.3 Å². The topological polar surface area (TPSA) is 124 Å². The Morgan fingerprint density at radius 2 is 1.96 bits per heavy atom. The van der Waals surface area contributed by atoms with Gasteiger partial charge in [-0.3, -0.25) is 19.1 Å². The molecule has 0 aliphatic carbocycles. The first-order valence-electron chi connectivity index (χ1n) is 7.54. The quantitative estimate of drug-likeness (QED) is 0.564. The molecule has 1 heterocycles. The van der Waals surface area contributed by atoms with E-state index in [0.717, 1.165) is 4.57 Å². The molecule has 0 saturated carbocycles. The average molecular weight is 400 g/mol. The van der Waals surface area contributed by atoms with Crippen molar-refractivity contribution in [3.63, 3.8) is 0 Å². The maximum atomic E-state index is 12.3. The third-order valence-corrected chi connectivity index (χ3v) is 4.01. The van der Waals surface area contributed by atoms with Gasteiger partial charge < -0.3 is 10.5 Å². The van der Waals surface area contributed by atoms with Gasteiger partial charge in [0.25, 0.3) is 5.56 Å². The van der Waals surface area contributed by atoms with E-state index in [1.807, 2.05) is 4.98 Å². The summed E-state index contributed by atoms with van der Waals surface area (Å²) in [6.45, 7) is 1.27. The van der Waals surface area contributed by atoms with Gasteiger partial charge >= 0.3 is 11.7 Å². The van der Waals surface area contributed by atoms with E-state index in [0.29, 0.717) is 6.42 Å². The Morgan fingerprint density at radius 1 is 1.27 bits per heavy atom. The zero-order valence-electron chi connectivity index (χ0n) is 13.7. The lowest BCUT2D eigenvalue weighted by atomic mass is 10.2. The van der Waals surface area contributed by atoms with E-state index < -0.39 is 35.2 Å². The van der Waals surface area contributed by atoms with E-state index in [1.165, 1.54) is 18.2 Å². The lowest BCUT2D eigenvalue weighted by Crippen LogP contribution is -2.37. The van der Waals surface area contributed by atoms with Crippen molar-refractivity contribution in [2.24, 2.45) is 0 Å². The predicted octanol–water partition coefficient (Wildman–Crippen LogP) is 1.88. The molecule has 2 aromatic rings. The van der Waals surface area contributed by atoms with E-state index >= 15 is 0 Å². The van der Waals surface area contributed by atoms with Crippen LogP contribution in [0.5, 0.6) is 0 Å². The number of hydrogen-bond acceptors (Lipinski definition) is 6. The first-order valence-corrected chi connectivity index (χ1v) is 8.29. The maximum Gasteiger partial charge on any atom is 0.340 e. The van der Waals surface area contributed by atoms with E-state index in [-0.39, 0.29) is 28.0 Å². The molecule has 10 heteroatoms. The summed E-state index contributed by atoms with van der Waals surface area (Å²) in [5.74, 6) is -2.01. The summed E-state index contributed by atoms with van der Waals surface area (Å²) in [4.78, 5) is 50.0. The zero-order valence-corrected chi connectivity index (χ0v) is 15.2. The molecule has 0 saturated heterocycles. The molecule has 3 N–H and O–H groups in total. The van der Waals surface area contributed by atoms with E-state index in [2.05, 4.69) is 0 Å². The molecule has 138 valence electrons. The minimum Gasteiger partial charge on any atom is -0.454 e. The number of nitrogens with one attached hydrogen (secondary N) is 1. The van der Waals surface area contributed by atoms with Crippen LogP contribution in [-0.4, -0.2) is 27.9 Å². The minimum absolute atomic E-state index is 0.0233. The van der Waals surface area contributed by atoms with Gasteiger partial charge in [-0.15, -0.1) is 0 Å². The van der Waals surface area contributed by atoms with Gasteiger partial charge in [0.05, 0.1) is 10.6 Å². The highest BCUT2D eigenvalue weighted by atomic mass is 35.5. The second kappa shape index (κ2) is 8.20. The molecule has 1 aromatic heterocycles. The molecular formula is C16H15Cl2N3O5. The molecule has 26 heavy (non-hydrogen) atoms. The van der Waals surface area contributed by atoms with Crippen molar-refractivity contribution in [2.45, 2.75) is 19.9 Å². The van der Waals surface area contributed by atoms with Gasteiger partial charge in [0.15, 0.2) is 6.61 Å². The van der Waals surface area contributed by atoms with Crippen molar-refractivity contribution in [2.75, 3.05) is 12.3 Å². The van der Waals surface area contributed by atoms with Crippen LogP contribution in [0, 0.1) is 0 Å². The second-order valence-electron chi connectivity index (χ2n) is 5.29. The highest BCUT2D eigenvalue weighted by molar-refractivity contribution is 6.35. The normalized spacial score (nSPS) is 10.6. The van der Waals surface area contributed by atoms with Crippen LogP contribution in [0.15, 0.2) is 27.8 Å². The molecular weight excluding hydrogens is 385 g/mol. The highest BCUT2D eigenvalue weighted by Gasteiger charge is 2.21. The summed E-state index contributed by atoms with van der Waals surface area (Å²) in [6.07, 6.45) is 0.562. The van der Waals surface area contributed by atoms with Crippen molar-refractivity contribution in [1.82, 2.24) is 9.55 Å². The van der Waals surface area contributed by atoms with Crippen LogP contribution in [0.3, 0.4) is 0 Å². The number of hydrogen-bond donors (Lipinski definition) is 2. The summed E-state index contributed by atoms with van der Waals surface area (Å²) < 4.78 is 5.97. The Balaban J connectivity index is 2.24. The molecule has 0 fully saturated rings.